The van der Waals surface area contributed by atoms with Crippen molar-refractivity contribution in [2.24, 2.45) is 4.99 Å². The first-order valence-corrected chi connectivity index (χ1v) is 6.49. The molecule has 1 saturated heterocycles. The molecule has 0 radical (unpaired) electrons. The number of nitrogens with one attached hydrogen (secondary N) is 2. The minimum Gasteiger partial charge on any atom is -0.341 e. The van der Waals surface area contributed by atoms with Crippen LogP contribution in [0.4, 0.5) is 4.79 Å². The standard InChI is InChI=1S/C13H21N5O/c1-8-11-7-17(13(19)15-4)5-6-18(11)10(3)16-12(8)9(2)14/h12,14H,5-7H2,1-4H3,(H,15,19)/t12-/m1/s1. The third-order valence-electron chi connectivity index (χ3n) is 3.74. The van der Waals surface area contributed by atoms with E-state index in [9.17, 15) is 4.79 Å². The maximum Gasteiger partial charge on any atom is 0.317 e. The molecule has 2 rings (SSSR count). The molecule has 0 aliphatic carbocycles. The zero-order valence-corrected chi connectivity index (χ0v) is 11.9. The van der Waals surface area contributed by atoms with Crippen molar-refractivity contribution in [2.45, 2.75) is 26.8 Å². The van der Waals surface area contributed by atoms with Crippen molar-refractivity contribution in [2.75, 3.05) is 26.7 Å². The van der Waals surface area contributed by atoms with E-state index in [1.54, 1.807) is 18.9 Å². The van der Waals surface area contributed by atoms with Gasteiger partial charge in [-0.25, -0.2) is 4.79 Å². The van der Waals surface area contributed by atoms with Gasteiger partial charge < -0.3 is 20.5 Å². The van der Waals surface area contributed by atoms with E-state index >= 15 is 0 Å². The van der Waals surface area contributed by atoms with E-state index in [2.05, 4.69) is 15.2 Å². The van der Waals surface area contributed by atoms with E-state index in [0.29, 0.717) is 18.8 Å². The minimum absolute atomic E-state index is 0.0526. The van der Waals surface area contributed by atoms with Gasteiger partial charge in [0.05, 0.1) is 6.54 Å². The fourth-order valence-corrected chi connectivity index (χ4v) is 2.66. The van der Waals surface area contributed by atoms with E-state index in [-0.39, 0.29) is 12.1 Å². The number of piperazine rings is 1. The highest BCUT2D eigenvalue weighted by atomic mass is 16.2. The molecule has 0 saturated carbocycles. The largest absolute Gasteiger partial charge is 0.341 e. The number of rotatable bonds is 1. The number of carbonyl (C=O) groups is 1. The van der Waals surface area contributed by atoms with Crippen LogP contribution < -0.4 is 5.32 Å². The summed E-state index contributed by atoms with van der Waals surface area (Å²) in [7, 11) is 1.65. The zero-order chi connectivity index (χ0) is 14.2. The molecule has 0 aromatic rings. The molecular formula is C13H21N5O. The van der Waals surface area contributed by atoms with Crippen LogP contribution in [0.25, 0.3) is 0 Å². The number of fused-ring (bicyclic) bond motifs is 1. The third kappa shape index (κ3) is 2.34. The Kier molecular flexibility index (Phi) is 3.59. The fraction of sp³-hybridized carbons (Fsp3) is 0.615. The Labute approximate surface area is 113 Å². The molecular weight excluding hydrogens is 242 g/mol. The summed E-state index contributed by atoms with van der Waals surface area (Å²) >= 11 is 0. The molecule has 1 fully saturated rings. The predicted molar refractivity (Wildman–Crippen MR) is 75.7 cm³/mol. The Bertz CT molecular complexity index is 479. The summed E-state index contributed by atoms with van der Waals surface area (Å²) in [6.45, 7) is 7.80. The first kappa shape index (κ1) is 13.6. The summed E-state index contributed by atoms with van der Waals surface area (Å²) in [5.74, 6) is 0.939. The van der Waals surface area contributed by atoms with Crippen molar-refractivity contribution in [1.82, 2.24) is 15.1 Å². The van der Waals surface area contributed by atoms with Gasteiger partial charge in [0.25, 0.3) is 0 Å². The number of carbonyl (C=O) groups excluding carboxylic acids is 1. The van der Waals surface area contributed by atoms with Gasteiger partial charge in [0.15, 0.2) is 0 Å². The van der Waals surface area contributed by atoms with E-state index in [1.807, 2.05) is 13.8 Å². The van der Waals surface area contributed by atoms with Crippen molar-refractivity contribution in [1.29, 1.82) is 5.41 Å². The predicted octanol–water partition coefficient (Wildman–Crippen LogP) is 1.06. The third-order valence-corrected chi connectivity index (χ3v) is 3.74. The van der Waals surface area contributed by atoms with Gasteiger partial charge in [0.1, 0.15) is 11.9 Å². The molecule has 2 aliphatic heterocycles. The second-order valence-corrected chi connectivity index (χ2v) is 5.02. The highest BCUT2D eigenvalue weighted by Gasteiger charge is 2.32. The van der Waals surface area contributed by atoms with Crippen LogP contribution >= 0.6 is 0 Å². The van der Waals surface area contributed by atoms with Crippen molar-refractivity contribution < 1.29 is 4.79 Å². The zero-order valence-electron chi connectivity index (χ0n) is 11.9. The molecule has 0 bridgehead atoms. The van der Waals surface area contributed by atoms with Gasteiger partial charge in [-0.05, 0) is 26.3 Å². The van der Waals surface area contributed by atoms with Gasteiger partial charge in [0, 0.05) is 31.5 Å². The van der Waals surface area contributed by atoms with Gasteiger partial charge in [-0.3, -0.25) is 4.99 Å². The molecule has 19 heavy (non-hydrogen) atoms. The lowest BCUT2D eigenvalue weighted by Gasteiger charge is -2.42. The highest BCUT2D eigenvalue weighted by molar-refractivity contribution is 5.94. The Morgan fingerprint density at radius 2 is 2.11 bits per heavy atom. The number of amidine groups is 1. The van der Waals surface area contributed by atoms with E-state index in [4.69, 9.17) is 5.41 Å². The SMILES string of the molecule is CNC(=O)N1CCN2C(C)=N[C@@H](C(C)=N)C(C)=C2C1. The maximum absolute atomic E-state index is 11.7. The molecule has 0 aromatic carbocycles. The van der Waals surface area contributed by atoms with Crippen LogP contribution in [0.5, 0.6) is 0 Å². The number of aliphatic imine (C=N–C) groups is 1. The summed E-state index contributed by atoms with van der Waals surface area (Å²) in [5, 5.41) is 10.5. The van der Waals surface area contributed by atoms with Gasteiger partial charge in [-0.15, -0.1) is 0 Å². The van der Waals surface area contributed by atoms with Gasteiger partial charge in [-0.1, -0.05) is 0 Å². The number of nitrogens with zero attached hydrogens (tertiary/aromatic N) is 3. The molecule has 2 heterocycles. The van der Waals surface area contributed by atoms with Crippen molar-refractivity contribution in [3.63, 3.8) is 0 Å². The molecule has 6 heteroatoms. The molecule has 0 spiro atoms. The minimum atomic E-state index is -0.170. The maximum atomic E-state index is 11.7. The summed E-state index contributed by atoms with van der Waals surface area (Å²) in [4.78, 5) is 20.3. The Balaban J connectivity index is 2.30. The Morgan fingerprint density at radius 3 is 2.68 bits per heavy atom. The average Bonchev–Trinajstić information content (AvgIpc) is 2.41. The normalized spacial score (nSPS) is 22.9. The van der Waals surface area contributed by atoms with E-state index in [1.165, 1.54) is 0 Å². The lowest BCUT2D eigenvalue weighted by Crippen LogP contribution is -2.53. The molecule has 0 unspecified atom stereocenters. The number of hydrogen-bond acceptors (Lipinski definition) is 4. The molecule has 2 N–H and O–H groups in total. The van der Waals surface area contributed by atoms with Crippen LogP contribution in [0.1, 0.15) is 20.8 Å². The van der Waals surface area contributed by atoms with Crippen LogP contribution in [0.3, 0.4) is 0 Å². The lowest BCUT2D eigenvalue weighted by molar-refractivity contribution is 0.185. The second kappa shape index (κ2) is 5.03. The smallest absolute Gasteiger partial charge is 0.317 e. The first-order chi connectivity index (χ1) is 8.95. The Morgan fingerprint density at radius 1 is 1.42 bits per heavy atom. The van der Waals surface area contributed by atoms with Crippen molar-refractivity contribution in [3.8, 4) is 0 Å². The first-order valence-electron chi connectivity index (χ1n) is 6.49. The van der Waals surface area contributed by atoms with Crippen LogP contribution in [-0.2, 0) is 0 Å². The summed E-state index contributed by atoms with van der Waals surface area (Å²) in [5.41, 5.74) is 2.73. The molecule has 6 nitrogen and oxygen atoms in total. The monoisotopic (exact) mass is 263 g/mol. The summed E-state index contributed by atoms with van der Waals surface area (Å²) in [6, 6.07) is -0.223. The van der Waals surface area contributed by atoms with Gasteiger partial charge >= 0.3 is 6.03 Å². The molecule has 1 atom stereocenters. The van der Waals surface area contributed by atoms with Crippen LogP contribution in [0.2, 0.25) is 0 Å². The van der Waals surface area contributed by atoms with Gasteiger partial charge in [0.2, 0.25) is 0 Å². The number of hydrogen-bond donors (Lipinski definition) is 2. The number of amides is 2. The summed E-state index contributed by atoms with van der Waals surface area (Å²) < 4.78 is 0. The summed E-state index contributed by atoms with van der Waals surface area (Å²) in [6.07, 6.45) is 0. The quantitative estimate of drug-likeness (QED) is 0.694. The van der Waals surface area contributed by atoms with E-state index < -0.39 is 0 Å². The van der Waals surface area contributed by atoms with Gasteiger partial charge in [-0.2, -0.15) is 0 Å². The Hall–Kier alpha value is -1.85. The topological polar surface area (TPSA) is 71.8 Å². The van der Waals surface area contributed by atoms with Crippen LogP contribution in [0.15, 0.2) is 16.3 Å². The van der Waals surface area contributed by atoms with Crippen LogP contribution in [0, 0.1) is 5.41 Å². The molecule has 2 aliphatic rings. The highest BCUT2D eigenvalue weighted by Crippen LogP contribution is 2.26. The van der Waals surface area contributed by atoms with Crippen molar-refractivity contribution >= 4 is 17.6 Å². The van der Waals surface area contributed by atoms with E-state index in [0.717, 1.165) is 23.7 Å². The van der Waals surface area contributed by atoms with Crippen LogP contribution in [-0.4, -0.2) is 60.1 Å². The molecule has 2 amide bonds. The molecule has 0 aromatic heterocycles. The number of urea groups is 1. The molecule has 104 valence electrons. The average molecular weight is 263 g/mol. The fourth-order valence-electron chi connectivity index (χ4n) is 2.66. The van der Waals surface area contributed by atoms with Crippen molar-refractivity contribution in [3.05, 3.63) is 11.3 Å². The lowest BCUT2D eigenvalue weighted by atomic mass is 9.98. The second-order valence-electron chi connectivity index (χ2n) is 5.02.